The van der Waals surface area contributed by atoms with Crippen molar-refractivity contribution in [3.05, 3.63) is 29.8 Å². The Bertz CT molecular complexity index is 502. The first kappa shape index (κ1) is 15.5. The summed E-state index contributed by atoms with van der Waals surface area (Å²) in [7, 11) is 0. The fraction of sp³-hybridized carbons (Fsp3) is 0.308. The summed E-state index contributed by atoms with van der Waals surface area (Å²) in [5.41, 5.74) is 0.157. The fourth-order valence-electron chi connectivity index (χ4n) is 1.43. The van der Waals surface area contributed by atoms with E-state index in [9.17, 15) is 14.4 Å². The molecule has 0 heterocycles. The van der Waals surface area contributed by atoms with Crippen molar-refractivity contribution in [3.63, 3.8) is 0 Å². The van der Waals surface area contributed by atoms with E-state index in [1.807, 2.05) is 6.92 Å². The summed E-state index contributed by atoms with van der Waals surface area (Å²) in [4.78, 5) is 33.8. The van der Waals surface area contributed by atoms with Gasteiger partial charge in [-0.3, -0.25) is 4.79 Å². The molecule has 0 aliphatic heterocycles. The van der Waals surface area contributed by atoms with Crippen molar-refractivity contribution < 1.29 is 19.5 Å². The maximum atomic E-state index is 11.6. The Kier molecular flexibility index (Phi) is 6.02. The van der Waals surface area contributed by atoms with Crippen LogP contribution in [-0.2, 0) is 4.79 Å². The number of anilines is 1. The van der Waals surface area contributed by atoms with Crippen molar-refractivity contribution in [1.29, 1.82) is 0 Å². The monoisotopic (exact) mass is 279 g/mol. The third kappa shape index (κ3) is 4.97. The number of carbonyl (C=O) groups excluding carboxylic acids is 2. The molecule has 7 nitrogen and oxygen atoms in total. The van der Waals surface area contributed by atoms with Crippen LogP contribution in [0, 0.1) is 0 Å². The summed E-state index contributed by atoms with van der Waals surface area (Å²) in [6, 6.07) is 5.39. The van der Waals surface area contributed by atoms with Crippen molar-refractivity contribution in [1.82, 2.24) is 10.6 Å². The van der Waals surface area contributed by atoms with E-state index >= 15 is 0 Å². The highest BCUT2D eigenvalue weighted by Gasteiger charge is 2.11. The minimum atomic E-state index is -1.14. The standard InChI is InChI=1S/C13H17N3O4/c1-2-7-14-11(17)8-15-13(20)16-10-6-4-3-5-9(10)12(18)19/h3-6H,2,7-8H2,1H3,(H,14,17)(H,18,19)(H2,15,16,20). The Morgan fingerprint density at radius 1 is 1.15 bits per heavy atom. The highest BCUT2D eigenvalue weighted by Crippen LogP contribution is 2.14. The SMILES string of the molecule is CCCNC(=O)CNC(=O)Nc1ccccc1C(=O)O. The van der Waals surface area contributed by atoms with Crippen molar-refractivity contribution in [2.24, 2.45) is 0 Å². The van der Waals surface area contributed by atoms with Crippen LogP contribution < -0.4 is 16.0 Å². The quantitative estimate of drug-likeness (QED) is 0.623. The van der Waals surface area contributed by atoms with E-state index in [2.05, 4.69) is 16.0 Å². The second-order valence-electron chi connectivity index (χ2n) is 4.01. The number of rotatable bonds is 6. The van der Waals surface area contributed by atoms with Gasteiger partial charge in [-0.1, -0.05) is 19.1 Å². The molecular weight excluding hydrogens is 262 g/mol. The van der Waals surface area contributed by atoms with Gasteiger partial charge in [0.1, 0.15) is 0 Å². The number of para-hydroxylation sites is 1. The Balaban J connectivity index is 2.51. The van der Waals surface area contributed by atoms with Crippen molar-refractivity contribution in [3.8, 4) is 0 Å². The molecule has 4 N–H and O–H groups in total. The van der Waals surface area contributed by atoms with Gasteiger partial charge in [0.25, 0.3) is 0 Å². The van der Waals surface area contributed by atoms with Crippen LogP contribution in [0.15, 0.2) is 24.3 Å². The zero-order valence-corrected chi connectivity index (χ0v) is 11.1. The minimum absolute atomic E-state index is 0.0157. The van der Waals surface area contributed by atoms with Crippen LogP contribution in [0.2, 0.25) is 0 Å². The molecule has 108 valence electrons. The molecule has 0 fully saturated rings. The van der Waals surface area contributed by atoms with Gasteiger partial charge in [0.15, 0.2) is 0 Å². The number of carbonyl (C=O) groups is 3. The maximum Gasteiger partial charge on any atom is 0.337 e. The van der Waals surface area contributed by atoms with E-state index in [0.29, 0.717) is 6.54 Å². The smallest absolute Gasteiger partial charge is 0.337 e. The van der Waals surface area contributed by atoms with Gasteiger partial charge in [-0.05, 0) is 18.6 Å². The molecule has 3 amide bonds. The molecule has 0 atom stereocenters. The number of amides is 3. The highest BCUT2D eigenvalue weighted by atomic mass is 16.4. The Labute approximate surface area is 116 Å². The lowest BCUT2D eigenvalue weighted by Crippen LogP contribution is -2.39. The largest absolute Gasteiger partial charge is 0.478 e. The van der Waals surface area contributed by atoms with E-state index in [4.69, 9.17) is 5.11 Å². The Hall–Kier alpha value is -2.57. The van der Waals surface area contributed by atoms with Crippen LogP contribution >= 0.6 is 0 Å². The molecule has 0 bridgehead atoms. The summed E-state index contributed by atoms with van der Waals surface area (Å²) >= 11 is 0. The number of carboxylic acids is 1. The van der Waals surface area contributed by atoms with Gasteiger partial charge in [-0.2, -0.15) is 0 Å². The summed E-state index contributed by atoms with van der Waals surface area (Å²) in [6.45, 7) is 2.30. The summed E-state index contributed by atoms with van der Waals surface area (Å²) in [6.07, 6.45) is 0.809. The van der Waals surface area contributed by atoms with Crippen LogP contribution in [0.3, 0.4) is 0 Å². The van der Waals surface area contributed by atoms with Gasteiger partial charge >= 0.3 is 12.0 Å². The molecule has 1 rings (SSSR count). The van der Waals surface area contributed by atoms with Gasteiger partial charge < -0.3 is 21.1 Å². The molecule has 0 unspecified atom stereocenters. The van der Waals surface area contributed by atoms with Gasteiger partial charge in [-0.25, -0.2) is 9.59 Å². The van der Waals surface area contributed by atoms with E-state index in [-0.39, 0.29) is 23.7 Å². The van der Waals surface area contributed by atoms with Crippen LogP contribution in [0.4, 0.5) is 10.5 Å². The number of nitrogens with one attached hydrogen (secondary N) is 3. The molecule has 0 radical (unpaired) electrons. The molecule has 1 aromatic carbocycles. The second kappa shape index (κ2) is 7.78. The molecule has 0 saturated carbocycles. The summed E-state index contributed by atoms with van der Waals surface area (Å²) < 4.78 is 0. The number of benzene rings is 1. The average molecular weight is 279 g/mol. The van der Waals surface area contributed by atoms with E-state index < -0.39 is 12.0 Å². The molecule has 0 aliphatic rings. The summed E-state index contributed by atoms with van der Waals surface area (Å²) in [5, 5.41) is 16.3. The zero-order valence-electron chi connectivity index (χ0n) is 11.1. The molecule has 20 heavy (non-hydrogen) atoms. The van der Waals surface area contributed by atoms with Crippen LogP contribution in [0.5, 0.6) is 0 Å². The molecule has 0 saturated heterocycles. The fourth-order valence-corrected chi connectivity index (χ4v) is 1.43. The second-order valence-corrected chi connectivity index (χ2v) is 4.01. The van der Waals surface area contributed by atoms with Crippen LogP contribution in [0.1, 0.15) is 23.7 Å². The van der Waals surface area contributed by atoms with Gasteiger partial charge in [0.05, 0.1) is 17.8 Å². The lowest BCUT2D eigenvalue weighted by Gasteiger charge is -2.09. The highest BCUT2D eigenvalue weighted by molar-refractivity contribution is 6.00. The van der Waals surface area contributed by atoms with Crippen molar-refractivity contribution in [2.75, 3.05) is 18.4 Å². The van der Waals surface area contributed by atoms with Crippen molar-refractivity contribution in [2.45, 2.75) is 13.3 Å². The predicted octanol–water partition coefficient (Wildman–Crippen LogP) is 1.03. The van der Waals surface area contributed by atoms with Gasteiger partial charge in [0.2, 0.25) is 5.91 Å². The average Bonchev–Trinajstić information content (AvgIpc) is 2.43. The Morgan fingerprint density at radius 3 is 2.50 bits per heavy atom. The molecule has 1 aromatic rings. The first-order chi connectivity index (χ1) is 9.54. The number of aromatic carboxylic acids is 1. The molecule has 7 heteroatoms. The lowest BCUT2D eigenvalue weighted by molar-refractivity contribution is -0.120. The normalized spacial score (nSPS) is 9.65. The number of hydrogen-bond acceptors (Lipinski definition) is 3. The van der Waals surface area contributed by atoms with E-state index in [0.717, 1.165) is 6.42 Å². The third-order valence-electron chi connectivity index (χ3n) is 2.39. The number of urea groups is 1. The molecule has 0 spiro atoms. The summed E-state index contributed by atoms with van der Waals surface area (Å²) in [5.74, 6) is -1.44. The third-order valence-corrected chi connectivity index (χ3v) is 2.39. The topological polar surface area (TPSA) is 108 Å². The first-order valence-electron chi connectivity index (χ1n) is 6.18. The van der Waals surface area contributed by atoms with Gasteiger partial charge in [-0.15, -0.1) is 0 Å². The van der Waals surface area contributed by atoms with Crippen LogP contribution in [-0.4, -0.2) is 36.1 Å². The first-order valence-corrected chi connectivity index (χ1v) is 6.18. The molecule has 0 aromatic heterocycles. The number of hydrogen-bond donors (Lipinski definition) is 4. The zero-order chi connectivity index (χ0) is 15.0. The molecule has 0 aliphatic carbocycles. The van der Waals surface area contributed by atoms with Gasteiger partial charge in [0, 0.05) is 6.54 Å². The maximum absolute atomic E-state index is 11.6. The van der Waals surface area contributed by atoms with Crippen molar-refractivity contribution >= 4 is 23.6 Å². The Morgan fingerprint density at radius 2 is 1.85 bits per heavy atom. The molecular formula is C13H17N3O4. The lowest BCUT2D eigenvalue weighted by atomic mass is 10.2. The minimum Gasteiger partial charge on any atom is -0.478 e. The van der Waals surface area contributed by atoms with Crippen LogP contribution in [0.25, 0.3) is 0 Å². The predicted molar refractivity (Wildman–Crippen MR) is 73.7 cm³/mol. The number of carboxylic acid groups (broad SMARTS) is 1. The van der Waals surface area contributed by atoms with E-state index in [1.165, 1.54) is 12.1 Å². The van der Waals surface area contributed by atoms with E-state index in [1.54, 1.807) is 12.1 Å².